The molecule has 0 fully saturated rings. The normalized spacial score (nSPS) is 14.9. The van der Waals surface area contributed by atoms with E-state index in [9.17, 15) is 4.79 Å². The van der Waals surface area contributed by atoms with Gasteiger partial charge in [-0.25, -0.2) is 9.78 Å². The van der Waals surface area contributed by atoms with Crippen molar-refractivity contribution in [2.24, 2.45) is 0 Å². The Labute approximate surface area is 110 Å². The number of fused-ring (bicyclic) bond motifs is 1. The smallest absolute Gasteiger partial charge is 0.410 e. The molecule has 2 rings (SSSR count). The van der Waals surface area contributed by atoms with Crippen LogP contribution in [0.15, 0.2) is 0 Å². The third-order valence-electron chi connectivity index (χ3n) is 2.48. The van der Waals surface area contributed by atoms with Crippen LogP contribution in [0, 0.1) is 11.3 Å². The Bertz CT molecular complexity index is 510. The highest BCUT2D eigenvalue weighted by Gasteiger charge is 2.27. The summed E-state index contributed by atoms with van der Waals surface area (Å²) in [6.07, 6.45) is 0.382. The number of rotatable bonds is 0. The van der Waals surface area contributed by atoms with Crippen LogP contribution in [0.2, 0.25) is 0 Å². The van der Waals surface area contributed by atoms with Gasteiger partial charge in [-0.1, -0.05) is 0 Å². The van der Waals surface area contributed by atoms with Gasteiger partial charge in [0.05, 0.1) is 12.2 Å². The van der Waals surface area contributed by atoms with Gasteiger partial charge in [0.1, 0.15) is 11.7 Å². The summed E-state index contributed by atoms with van der Waals surface area (Å²) in [5, 5.41) is 9.27. The summed E-state index contributed by atoms with van der Waals surface area (Å²) in [6.45, 7) is 6.63. The second kappa shape index (κ2) is 4.58. The molecule has 0 N–H and O–H groups in total. The van der Waals surface area contributed by atoms with Gasteiger partial charge in [-0.15, -0.1) is 11.3 Å². The monoisotopic (exact) mass is 265 g/mol. The lowest BCUT2D eigenvalue weighted by atomic mass is 10.2. The molecule has 0 saturated heterocycles. The van der Waals surface area contributed by atoms with Crippen molar-refractivity contribution in [1.29, 1.82) is 5.26 Å². The van der Waals surface area contributed by atoms with Crippen LogP contribution in [0.1, 0.15) is 36.3 Å². The molecule has 1 aliphatic heterocycles. The number of nitrogens with zero attached hydrogens (tertiary/aromatic N) is 3. The van der Waals surface area contributed by atoms with Crippen LogP contribution in [-0.4, -0.2) is 28.1 Å². The lowest BCUT2D eigenvalue weighted by Crippen LogP contribution is -2.39. The average Bonchev–Trinajstić information content (AvgIpc) is 2.68. The van der Waals surface area contributed by atoms with Gasteiger partial charge in [-0.3, -0.25) is 0 Å². The summed E-state index contributed by atoms with van der Waals surface area (Å²) >= 11 is 1.35. The number of nitriles is 1. The Morgan fingerprint density at radius 2 is 2.28 bits per heavy atom. The lowest BCUT2D eigenvalue weighted by Gasteiger charge is -2.29. The van der Waals surface area contributed by atoms with E-state index < -0.39 is 5.60 Å². The summed E-state index contributed by atoms with van der Waals surface area (Å²) < 4.78 is 5.33. The number of carbonyl (C=O) groups is 1. The van der Waals surface area contributed by atoms with Gasteiger partial charge in [0.2, 0.25) is 0 Å². The third-order valence-corrected chi connectivity index (χ3v) is 3.47. The first-order valence-corrected chi connectivity index (χ1v) is 6.57. The molecule has 0 aromatic carbocycles. The molecule has 96 valence electrons. The Hall–Kier alpha value is -1.61. The molecule has 0 unspecified atom stereocenters. The van der Waals surface area contributed by atoms with E-state index in [1.54, 1.807) is 4.90 Å². The minimum atomic E-state index is -0.483. The molecule has 1 aromatic heterocycles. The van der Waals surface area contributed by atoms with E-state index in [1.165, 1.54) is 11.3 Å². The number of carbonyl (C=O) groups excluding carboxylic acids is 1. The molecule has 1 aromatic rings. The molecule has 0 aliphatic carbocycles. The largest absolute Gasteiger partial charge is 0.444 e. The first kappa shape index (κ1) is 12.8. The maximum atomic E-state index is 11.9. The molecule has 0 bridgehead atoms. The minimum Gasteiger partial charge on any atom is -0.444 e. The second-order valence-electron chi connectivity index (χ2n) is 5.15. The van der Waals surface area contributed by atoms with E-state index in [-0.39, 0.29) is 6.09 Å². The zero-order valence-corrected chi connectivity index (χ0v) is 11.5. The fourth-order valence-electron chi connectivity index (χ4n) is 1.73. The molecule has 0 saturated carbocycles. The first-order chi connectivity index (χ1) is 8.39. The average molecular weight is 265 g/mol. The van der Waals surface area contributed by atoms with Crippen molar-refractivity contribution >= 4 is 17.4 Å². The van der Waals surface area contributed by atoms with Crippen LogP contribution < -0.4 is 0 Å². The van der Waals surface area contributed by atoms with Crippen LogP contribution in [-0.2, 0) is 17.7 Å². The maximum Gasteiger partial charge on any atom is 0.410 e. The SMILES string of the molecule is CC(C)(C)OC(=O)N1CCc2nc(C#N)sc2C1. The van der Waals surface area contributed by atoms with Gasteiger partial charge < -0.3 is 9.64 Å². The van der Waals surface area contributed by atoms with Crippen LogP contribution in [0.25, 0.3) is 0 Å². The molecule has 1 aliphatic rings. The molecular formula is C12H15N3O2S. The summed E-state index contributed by atoms with van der Waals surface area (Å²) in [6, 6.07) is 2.04. The highest BCUT2D eigenvalue weighted by Crippen LogP contribution is 2.25. The van der Waals surface area contributed by atoms with Crippen molar-refractivity contribution in [2.45, 2.75) is 39.3 Å². The Morgan fingerprint density at radius 3 is 2.89 bits per heavy atom. The van der Waals surface area contributed by atoms with Crippen LogP contribution in [0.3, 0.4) is 0 Å². The predicted octanol–water partition coefficient (Wildman–Crippen LogP) is 2.31. The molecule has 5 nitrogen and oxygen atoms in total. The van der Waals surface area contributed by atoms with Gasteiger partial charge in [0, 0.05) is 17.8 Å². The van der Waals surface area contributed by atoms with E-state index in [0.717, 1.165) is 10.6 Å². The number of thiazole rings is 1. The Morgan fingerprint density at radius 1 is 1.56 bits per heavy atom. The van der Waals surface area contributed by atoms with E-state index in [2.05, 4.69) is 4.98 Å². The van der Waals surface area contributed by atoms with E-state index >= 15 is 0 Å². The number of hydrogen-bond acceptors (Lipinski definition) is 5. The highest BCUT2D eigenvalue weighted by atomic mass is 32.1. The zero-order chi connectivity index (χ0) is 13.3. The van der Waals surface area contributed by atoms with Crippen LogP contribution >= 0.6 is 11.3 Å². The van der Waals surface area contributed by atoms with Crippen molar-refractivity contribution in [3.8, 4) is 6.07 Å². The number of aromatic nitrogens is 1. The van der Waals surface area contributed by atoms with Crippen molar-refractivity contribution in [1.82, 2.24) is 9.88 Å². The van der Waals surface area contributed by atoms with E-state index in [0.29, 0.717) is 24.5 Å². The third kappa shape index (κ3) is 2.79. The standard InChI is InChI=1S/C12H15N3O2S/c1-12(2,3)17-11(16)15-5-4-8-9(7-15)18-10(6-13)14-8/h4-5,7H2,1-3H3. The fraction of sp³-hybridized carbons (Fsp3) is 0.583. The fourth-order valence-corrected chi connectivity index (χ4v) is 2.65. The van der Waals surface area contributed by atoms with Crippen LogP contribution in [0.4, 0.5) is 4.79 Å². The maximum absolute atomic E-state index is 11.9. The summed E-state index contributed by atoms with van der Waals surface area (Å²) in [4.78, 5) is 18.8. The van der Waals surface area contributed by atoms with Gasteiger partial charge in [0.25, 0.3) is 0 Å². The summed E-state index contributed by atoms with van der Waals surface area (Å²) in [5.74, 6) is 0. The molecule has 0 atom stereocenters. The van der Waals surface area contributed by atoms with Gasteiger partial charge >= 0.3 is 6.09 Å². The van der Waals surface area contributed by atoms with Crippen LogP contribution in [0.5, 0.6) is 0 Å². The molecule has 0 spiro atoms. The molecular weight excluding hydrogens is 250 g/mol. The molecule has 2 heterocycles. The van der Waals surface area contributed by atoms with Gasteiger partial charge in [-0.05, 0) is 20.8 Å². The molecule has 6 heteroatoms. The molecule has 18 heavy (non-hydrogen) atoms. The van der Waals surface area contributed by atoms with Crippen molar-refractivity contribution < 1.29 is 9.53 Å². The molecule has 1 amide bonds. The van der Waals surface area contributed by atoms with Crippen molar-refractivity contribution in [3.05, 3.63) is 15.6 Å². The van der Waals surface area contributed by atoms with Gasteiger partial charge in [0.15, 0.2) is 5.01 Å². The topological polar surface area (TPSA) is 66.2 Å². The van der Waals surface area contributed by atoms with Crippen molar-refractivity contribution in [2.75, 3.05) is 6.54 Å². The number of amides is 1. The Balaban J connectivity index is 2.08. The lowest BCUT2D eigenvalue weighted by molar-refractivity contribution is 0.0225. The predicted molar refractivity (Wildman–Crippen MR) is 67.2 cm³/mol. The van der Waals surface area contributed by atoms with E-state index in [4.69, 9.17) is 10.00 Å². The first-order valence-electron chi connectivity index (χ1n) is 5.75. The minimum absolute atomic E-state index is 0.306. The summed E-state index contributed by atoms with van der Waals surface area (Å²) in [7, 11) is 0. The Kier molecular flexibility index (Phi) is 3.26. The van der Waals surface area contributed by atoms with Gasteiger partial charge in [-0.2, -0.15) is 5.26 Å². The quantitative estimate of drug-likeness (QED) is 0.722. The van der Waals surface area contributed by atoms with E-state index in [1.807, 2.05) is 26.8 Å². The number of ether oxygens (including phenoxy) is 1. The number of hydrogen-bond donors (Lipinski definition) is 0. The molecule has 0 radical (unpaired) electrons. The summed E-state index contributed by atoms with van der Waals surface area (Å²) in [5.41, 5.74) is 0.458. The highest BCUT2D eigenvalue weighted by molar-refractivity contribution is 7.12. The zero-order valence-electron chi connectivity index (χ0n) is 10.7. The second-order valence-corrected chi connectivity index (χ2v) is 6.24. The van der Waals surface area contributed by atoms with Crippen molar-refractivity contribution in [3.63, 3.8) is 0 Å².